The molecule has 0 aliphatic rings. The third-order valence-electron chi connectivity index (χ3n) is 3.78. The molecule has 0 aliphatic heterocycles. The minimum absolute atomic E-state index is 0.00292. The predicted octanol–water partition coefficient (Wildman–Crippen LogP) is 4.47. The van der Waals surface area contributed by atoms with E-state index in [0.29, 0.717) is 5.56 Å². The normalized spacial score (nSPS) is 11.6. The van der Waals surface area contributed by atoms with Crippen LogP contribution in [0.25, 0.3) is 22.6 Å². The van der Waals surface area contributed by atoms with Gasteiger partial charge in [-0.2, -0.15) is 15.6 Å². The molecule has 3 rings (SSSR count). The van der Waals surface area contributed by atoms with E-state index in [0.717, 1.165) is 11.1 Å². The van der Waals surface area contributed by atoms with Crippen molar-refractivity contribution in [3.05, 3.63) is 64.2 Å². The molecule has 0 saturated heterocycles. The summed E-state index contributed by atoms with van der Waals surface area (Å²) >= 11 is 12.1. The van der Waals surface area contributed by atoms with Crippen LogP contribution in [0.3, 0.4) is 0 Å². The number of allylic oxidation sites excluding steroid dienone is 1. The fourth-order valence-electron chi connectivity index (χ4n) is 2.49. The van der Waals surface area contributed by atoms with Crippen LogP contribution in [0.2, 0.25) is 10.3 Å². The van der Waals surface area contributed by atoms with Crippen LogP contribution in [0.15, 0.2) is 42.7 Å². The number of aliphatic hydroxyl groups excluding tert-OH is 1. The highest BCUT2D eigenvalue weighted by atomic mass is 35.5. The zero-order valence-corrected chi connectivity index (χ0v) is 15.0. The molecule has 0 saturated carbocycles. The van der Waals surface area contributed by atoms with E-state index in [1.54, 1.807) is 43.7 Å². The second-order valence-electron chi connectivity index (χ2n) is 5.39. The van der Waals surface area contributed by atoms with Crippen molar-refractivity contribution in [3.63, 3.8) is 0 Å². The van der Waals surface area contributed by atoms with Gasteiger partial charge in [-0.15, -0.1) is 0 Å². The summed E-state index contributed by atoms with van der Waals surface area (Å²) in [5.74, 6) is -0.372. The van der Waals surface area contributed by atoms with Gasteiger partial charge in [0.05, 0.1) is 17.2 Å². The molecule has 0 bridgehead atoms. The summed E-state index contributed by atoms with van der Waals surface area (Å²) in [4.78, 5) is 0. The molecule has 0 amide bonds. The summed E-state index contributed by atoms with van der Waals surface area (Å²) < 4.78 is 2.77. The average molecular weight is 384 g/mol. The molecule has 0 fully saturated rings. The monoisotopic (exact) mass is 383 g/mol. The molecule has 0 aliphatic carbocycles. The van der Waals surface area contributed by atoms with Crippen molar-refractivity contribution >= 4 is 34.7 Å². The van der Waals surface area contributed by atoms with Crippen LogP contribution in [0.4, 0.5) is 0 Å². The molecule has 26 heavy (non-hydrogen) atoms. The number of aliphatic hydroxyl groups is 1. The highest BCUT2D eigenvalue weighted by Gasteiger charge is 2.21. The summed E-state index contributed by atoms with van der Waals surface area (Å²) in [6.07, 6.45) is 3.30. The van der Waals surface area contributed by atoms with Gasteiger partial charge < -0.3 is 9.67 Å². The van der Waals surface area contributed by atoms with E-state index < -0.39 is 0 Å². The van der Waals surface area contributed by atoms with E-state index in [2.05, 4.69) is 11.2 Å². The summed E-state index contributed by atoms with van der Waals surface area (Å²) in [7, 11) is 1.58. The molecule has 0 atom stereocenters. The van der Waals surface area contributed by atoms with Gasteiger partial charge in [-0.3, -0.25) is 4.68 Å². The molecule has 1 N–H and O–H groups in total. The zero-order chi connectivity index (χ0) is 18.8. The van der Waals surface area contributed by atoms with Gasteiger partial charge in [-0.25, -0.2) is 0 Å². The Labute approximate surface area is 159 Å². The first-order valence-electron chi connectivity index (χ1n) is 7.37. The molecule has 0 unspecified atom stereocenters. The smallest absolute Gasteiger partial charge is 0.167 e. The van der Waals surface area contributed by atoms with Crippen molar-refractivity contribution in [2.24, 2.45) is 7.05 Å². The fraction of sp³-hybridized carbons (Fsp3) is 0.0556. The maximum absolute atomic E-state index is 10.5. The third-order valence-corrected chi connectivity index (χ3v) is 4.48. The Hall–Kier alpha value is -3.19. The lowest BCUT2D eigenvalue weighted by Gasteiger charge is -2.05. The number of nitrogens with zero attached hydrogens (tertiary/aromatic N) is 5. The standard InChI is InChI=1S/C18H11Cl2N5O/c1-24-18(20)15(17(19)23-24)16(26)14(9-22)25-6-5-13(10-25)12-4-2-3-11(7-12)8-21/h2-7,10,26H,1H3/b16-14-. The van der Waals surface area contributed by atoms with E-state index in [4.69, 9.17) is 28.5 Å². The van der Waals surface area contributed by atoms with Gasteiger partial charge in [0.25, 0.3) is 0 Å². The van der Waals surface area contributed by atoms with Gasteiger partial charge >= 0.3 is 0 Å². The van der Waals surface area contributed by atoms with Gasteiger partial charge in [-0.05, 0) is 29.3 Å². The van der Waals surface area contributed by atoms with E-state index in [1.807, 2.05) is 12.1 Å². The lowest BCUT2D eigenvalue weighted by Crippen LogP contribution is -1.97. The van der Waals surface area contributed by atoms with Crippen molar-refractivity contribution in [3.8, 4) is 23.3 Å². The predicted molar refractivity (Wildman–Crippen MR) is 99.2 cm³/mol. The quantitative estimate of drug-likeness (QED) is 0.533. The molecule has 2 heterocycles. The highest BCUT2D eigenvalue weighted by molar-refractivity contribution is 6.36. The van der Waals surface area contributed by atoms with Crippen molar-refractivity contribution in [1.29, 1.82) is 10.5 Å². The molecular formula is C18H11Cl2N5O. The van der Waals surface area contributed by atoms with E-state index in [9.17, 15) is 10.4 Å². The van der Waals surface area contributed by atoms with Crippen LogP contribution in [0.5, 0.6) is 0 Å². The maximum atomic E-state index is 10.5. The number of halogens is 2. The molecule has 128 valence electrons. The highest BCUT2D eigenvalue weighted by Crippen LogP contribution is 2.32. The first-order valence-corrected chi connectivity index (χ1v) is 8.12. The lowest BCUT2D eigenvalue weighted by molar-refractivity contribution is 0.512. The maximum Gasteiger partial charge on any atom is 0.167 e. The van der Waals surface area contributed by atoms with Gasteiger partial charge in [0.2, 0.25) is 0 Å². The zero-order valence-electron chi connectivity index (χ0n) is 13.5. The van der Waals surface area contributed by atoms with Crippen LogP contribution < -0.4 is 0 Å². The molecule has 0 spiro atoms. The van der Waals surface area contributed by atoms with Gasteiger partial charge in [0, 0.05) is 19.4 Å². The number of aromatic nitrogens is 3. The summed E-state index contributed by atoms with van der Waals surface area (Å²) in [6.45, 7) is 0. The fourth-order valence-corrected chi connectivity index (χ4v) is 3.05. The lowest BCUT2D eigenvalue weighted by atomic mass is 10.1. The SMILES string of the molecule is Cn1nc(Cl)c(/C(O)=C(\C#N)n2ccc(-c3cccc(C#N)c3)c2)c1Cl. The van der Waals surface area contributed by atoms with Crippen molar-refractivity contribution in [2.45, 2.75) is 0 Å². The molecular weight excluding hydrogens is 373 g/mol. The number of benzene rings is 1. The number of aryl methyl sites for hydroxylation is 1. The van der Waals surface area contributed by atoms with Gasteiger partial charge in [-0.1, -0.05) is 35.3 Å². The Morgan fingerprint density at radius 2 is 1.96 bits per heavy atom. The second-order valence-corrected chi connectivity index (χ2v) is 6.11. The number of nitriles is 2. The number of hydrogen-bond donors (Lipinski definition) is 1. The molecule has 6 nitrogen and oxygen atoms in total. The Morgan fingerprint density at radius 3 is 2.58 bits per heavy atom. The Morgan fingerprint density at radius 1 is 1.19 bits per heavy atom. The topological polar surface area (TPSA) is 90.6 Å². The molecule has 3 aromatic rings. The van der Waals surface area contributed by atoms with E-state index in [1.165, 1.54) is 9.25 Å². The summed E-state index contributed by atoms with van der Waals surface area (Å²) in [5.41, 5.74) is 2.17. The van der Waals surface area contributed by atoms with Gasteiger partial charge in [0.15, 0.2) is 16.6 Å². The van der Waals surface area contributed by atoms with Crippen LogP contribution in [-0.4, -0.2) is 19.5 Å². The number of rotatable bonds is 3. The van der Waals surface area contributed by atoms with E-state index in [-0.39, 0.29) is 27.3 Å². The van der Waals surface area contributed by atoms with Crippen molar-refractivity contribution in [2.75, 3.05) is 0 Å². The summed E-state index contributed by atoms with van der Waals surface area (Å²) in [6, 6.07) is 12.9. The Kier molecular flexibility index (Phi) is 4.73. The largest absolute Gasteiger partial charge is 0.504 e. The molecule has 1 aromatic carbocycles. The average Bonchev–Trinajstić information content (AvgIpc) is 3.21. The Balaban J connectivity index is 2.09. The molecule has 8 heteroatoms. The van der Waals surface area contributed by atoms with Crippen LogP contribution >= 0.6 is 23.2 Å². The summed E-state index contributed by atoms with van der Waals surface area (Å²) in [5, 5.41) is 33.1. The van der Waals surface area contributed by atoms with Crippen LogP contribution in [0, 0.1) is 22.7 Å². The van der Waals surface area contributed by atoms with Crippen molar-refractivity contribution in [1.82, 2.24) is 14.3 Å². The first-order chi connectivity index (χ1) is 12.5. The molecule has 2 aromatic heterocycles. The molecule has 0 radical (unpaired) electrons. The third kappa shape index (κ3) is 3.04. The van der Waals surface area contributed by atoms with Crippen molar-refractivity contribution < 1.29 is 5.11 Å². The van der Waals surface area contributed by atoms with Crippen LogP contribution in [0.1, 0.15) is 11.1 Å². The van der Waals surface area contributed by atoms with Crippen LogP contribution in [-0.2, 0) is 7.05 Å². The second kappa shape index (κ2) is 6.97. The number of hydrogen-bond acceptors (Lipinski definition) is 4. The Bertz CT molecular complexity index is 1110. The van der Waals surface area contributed by atoms with Gasteiger partial charge in [0.1, 0.15) is 11.2 Å². The van der Waals surface area contributed by atoms with E-state index >= 15 is 0 Å². The first kappa shape index (κ1) is 17.6. The minimum atomic E-state index is -0.372. The minimum Gasteiger partial charge on any atom is -0.504 e.